The van der Waals surface area contributed by atoms with Gasteiger partial charge in [0.2, 0.25) is 0 Å². The Morgan fingerprint density at radius 3 is 0.538 bits per heavy atom. The first kappa shape index (κ1) is 23.3. The van der Waals surface area contributed by atoms with E-state index in [1.54, 1.807) is 41.5 Å². The molecule has 0 bridgehead atoms. The summed E-state index contributed by atoms with van der Waals surface area (Å²) < 4.78 is 0. The third kappa shape index (κ3) is 7050. The van der Waals surface area contributed by atoms with Gasteiger partial charge < -0.3 is 15.3 Å². The second kappa shape index (κ2) is 18.3. The summed E-state index contributed by atoms with van der Waals surface area (Å²) in [5, 5.41) is 24.2. The zero-order valence-corrected chi connectivity index (χ0v) is 12.7. The normalized spacial score (nSPS) is 8.31. The molecule has 0 heterocycles. The average molecular weight is 258 g/mol. The fourth-order valence-corrected chi connectivity index (χ4v) is 0. The van der Waals surface area contributed by atoms with E-state index < -0.39 is 0 Å². The fourth-order valence-electron chi connectivity index (χ4n) is 0. The summed E-state index contributed by atoms with van der Waals surface area (Å²) in [7, 11) is 0. The molecule has 0 radical (unpaired) electrons. The first-order valence-electron chi connectivity index (χ1n) is 4.24. The van der Waals surface area contributed by atoms with Crippen LogP contribution in [0.4, 0.5) is 0 Å². The van der Waals surface area contributed by atoms with E-state index in [-0.39, 0.29) is 36.3 Å². The van der Waals surface area contributed by atoms with Crippen LogP contribution >= 0.6 is 0 Å². The summed E-state index contributed by atoms with van der Waals surface area (Å²) in [6, 6.07) is 0. The van der Waals surface area contributed by atoms with Gasteiger partial charge in [0.05, 0.1) is 0 Å². The molecule has 0 aliphatic rings. The molecule has 0 saturated carbocycles. The molecule has 0 aromatic rings. The molecule has 0 spiro atoms. The van der Waals surface area contributed by atoms with E-state index in [1.165, 1.54) is 0 Å². The molecule has 0 amide bonds. The first-order chi connectivity index (χ1) is 5.20. The summed E-state index contributed by atoms with van der Waals surface area (Å²) in [4.78, 5) is 0. The van der Waals surface area contributed by atoms with E-state index in [0.717, 1.165) is 0 Å². The Bertz CT molecular complexity index is 43.4. The zero-order valence-electron chi connectivity index (χ0n) is 9.78. The number of aliphatic hydroxyl groups is 3. The molecule has 0 aromatic heterocycles. The van der Waals surface area contributed by atoms with E-state index >= 15 is 0 Å². The molecular formula is C9H27AsO3. The van der Waals surface area contributed by atoms with Crippen molar-refractivity contribution in [3.63, 3.8) is 0 Å². The first-order valence-corrected chi connectivity index (χ1v) is 4.24. The number of hydrogen-bond acceptors (Lipinski definition) is 3. The van der Waals surface area contributed by atoms with E-state index in [4.69, 9.17) is 15.3 Å². The Morgan fingerprint density at radius 1 is 0.538 bits per heavy atom. The van der Waals surface area contributed by atoms with Gasteiger partial charge >= 0.3 is 18.0 Å². The molecule has 13 heavy (non-hydrogen) atoms. The summed E-state index contributed by atoms with van der Waals surface area (Å²) in [6.45, 7) is 10.3. The van der Waals surface area contributed by atoms with Crippen LogP contribution in [-0.2, 0) is 0 Å². The van der Waals surface area contributed by atoms with Crippen molar-refractivity contribution in [1.29, 1.82) is 0 Å². The van der Waals surface area contributed by atoms with Crippen LogP contribution in [0.3, 0.4) is 0 Å². The third-order valence-electron chi connectivity index (χ3n) is 0. The van der Waals surface area contributed by atoms with Crippen molar-refractivity contribution in [3.8, 4) is 0 Å². The maximum atomic E-state index is 8.06. The molecule has 1 unspecified atom stereocenters. The summed E-state index contributed by atoms with van der Waals surface area (Å²) in [5.74, 6) is 0. The molecule has 0 fully saturated rings. The molecule has 0 aliphatic heterocycles. The summed E-state index contributed by atoms with van der Waals surface area (Å²) in [6.07, 6.45) is -0.500. The molecule has 3 N–H and O–H groups in total. The van der Waals surface area contributed by atoms with E-state index in [0.29, 0.717) is 0 Å². The fraction of sp³-hybridized carbons (Fsp3) is 1.00. The van der Waals surface area contributed by atoms with Gasteiger partial charge in [-0.3, -0.25) is 0 Å². The second-order valence-corrected chi connectivity index (χ2v) is 3.28. The molecule has 0 saturated heterocycles. The van der Waals surface area contributed by atoms with Crippen LogP contribution in [0.2, 0.25) is 0 Å². The van der Waals surface area contributed by atoms with Crippen LogP contribution in [0.15, 0.2) is 0 Å². The second-order valence-electron chi connectivity index (χ2n) is 3.28. The molecule has 0 aromatic carbocycles. The van der Waals surface area contributed by atoms with Crippen molar-refractivity contribution < 1.29 is 15.3 Å². The minimum absolute atomic E-state index is 0. The van der Waals surface area contributed by atoms with E-state index in [9.17, 15) is 0 Å². The van der Waals surface area contributed by atoms with Gasteiger partial charge in [0.25, 0.3) is 0 Å². The Labute approximate surface area is 93.5 Å². The van der Waals surface area contributed by atoms with Crippen LogP contribution in [0.25, 0.3) is 0 Å². The Hall–Kier alpha value is 0.438. The van der Waals surface area contributed by atoms with Gasteiger partial charge in [0.1, 0.15) is 0 Å². The molecular weight excluding hydrogens is 231 g/mol. The minimum atomic E-state index is -0.167. The topological polar surface area (TPSA) is 60.7 Å². The number of rotatable bonds is 0. The molecule has 0 rings (SSSR count). The van der Waals surface area contributed by atoms with Crippen LogP contribution in [0, 0.1) is 0 Å². The molecule has 4 heteroatoms. The van der Waals surface area contributed by atoms with Crippen molar-refractivity contribution in [2.45, 2.75) is 59.9 Å². The number of hydrogen-bond donors (Lipinski definition) is 3. The van der Waals surface area contributed by atoms with Crippen LogP contribution in [0.1, 0.15) is 41.5 Å². The van der Waals surface area contributed by atoms with Crippen LogP contribution in [-0.4, -0.2) is 51.6 Å². The van der Waals surface area contributed by atoms with Gasteiger partial charge in [-0.2, -0.15) is 0 Å². The summed E-state index contributed by atoms with van der Waals surface area (Å²) >= 11 is 0. The Kier molecular flexibility index (Phi) is 32.8. The number of aliphatic hydroxyl groups excluding tert-OH is 3. The predicted molar refractivity (Wildman–Crippen MR) is 62.0 cm³/mol. The standard InChI is InChI=1S/3C3H8O.AsH3/c3*1-3(2)4;/h3*3-4H,1-2H3;1H3. The van der Waals surface area contributed by atoms with Gasteiger partial charge in [-0.05, 0) is 41.5 Å². The average Bonchev–Trinajstić information content (AvgIpc) is 1.54. The Balaban J connectivity index is -0.0000000450. The molecule has 1 atom stereocenters. The van der Waals surface area contributed by atoms with Crippen LogP contribution < -0.4 is 0 Å². The van der Waals surface area contributed by atoms with Crippen molar-refractivity contribution in [2.75, 3.05) is 0 Å². The van der Waals surface area contributed by atoms with Crippen molar-refractivity contribution >= 4 is 18.0 Å². The molecule has 0 aliphatic carbocycles. The third-order valence-corrected chi connectivity index (χ3v) is 0. The van der Waals surface area contributed by atoms with Crippen molar-refractivity contribution in [3.05, 3.63) is 0 Å². The van der Waals surface area contributed by atoms with Crippen LogP contribution in [0.5, 0.6) is 0 Å². The molecule has 86 valence electrons. The molecule has 3 nitrogen and oxygen atoms in total. The van der Waals surface area contributed by atoms with Crippen molar-refractivity contribution in [2.24, 2.45) is 0 Å². The zero-order chi connectivity index (χ0) is 10.7. The van der Waals surface area contributed by atoms with E-state index in [1.807, 2.05) is 0 Å². The van der Waals surface area contributed by atoms with Gasteiger partial charge in [0.15, 0.2) is 0 Å². The SMILES string of the molecule is CC(C)O.CC(C)O.CC(C)O.[AsH3]. The van der Waals surface area contributed by atoms with Crippen molar-refractivity contribution in [1.82, 2.24) is 0 Å². The predicted octanol–water partition coefficient (Wildman–Crippen LogP) is -0.0226. The van der Waals surface area contributed by atoms with Gasteiger partial charge in [-0.1, -0.05) is 0 Å². The maximum absolute atomic E-state index is 8.06. The van der Waals surface area contributed by atoms with Gasteiger partial charge in [-0.15, -0.1) is 0 Å². The van der Waals surface area contributed by atoms with E-state index in [2.05, 4.69) is 0 Å². The van der Waals surface area contributed by atoms with Gasteiger partial charge in [-0.25, -0.2) is 0 Å². The Morgan fingerprint density at radius 2 is 0.538 bits per heavy atom. The monoisotopic (exact) mass is 258 g/mol. The quantitative estimate of drug-likeness (QED) is 0.535. The van der Waals surface area contributed by atoms with Gasteiger partial charge in [0, 0.05) is 18.3 Å². The summed E-state index contributed by atoms with van der Waals surface area (Å²) in [5.41, 5.74) is 0.